The van der Waals surface area contributed by atoms with Crippen molar-refractivity contribution in [2.75, 3.05) is 27.7 Å². The lowest BCUT2D eigenvalue weighted by atomic mass is 9.93. The molecule has 1 aliphatic rings. The van der Waals surface area contributed by atoms with E-state index in [1.807, 2.05) is 77.0 Å². The minimum Gasteiger partial charge on any atom is -0.378 e. The van der Waals surface area contributed by atoms with Gasteiger partial charge in [0.25, 0.3) is 0 Å². The molecule has 0 saturated carbocycles. The van der Waals surface area contributed by atoms with Crippen LogP contribution in [0.4, 0.5) is 0 Å². The molecule has 0 bridgehead atoms. The highest BCUT2D eigenvalue weighted by atomic mass is 16.5. The monoisotopic (exact) mass is 615 g/mol. The summed E-state index contributed by atoms with van der Waals surface area (Å²) >= 11 is 0. The third-order valence-electron chi connectivity index (χ3n) is 8.47. The van der Waals surface area contributed by atoms with Crippen molar-refractivity contribution in [1.82, 2.24) is 20.4 Å². The molecule has 0 spiro atoms. The summed E-state index contributed by atoms with van der Waals surface area (Å²) in [5.74, 6) is -2.38. The number of likely N-dealkylation sites (N-methyl/N-ethyl adjacent to an activating group) is 1. The summed E-state index contributed by atoms with van der Waals surface area (Å²) in [7, 11) is 5.17. The number of primary amides is 1. The van der Waals surface area contributed by atoms with E-state index in [1.54, 1.807) is 11.8 Å². The Balaban J connectivity index is 2.05. The normalized spacial score (nSPS) is 18.5. The summed E-state index contributed by atoms with van der Waals surface area (Å²) in [6.45, 7) is 9.87. The van der Waals surface area contributed by atoms with Crippen LogP contribution in [0.25, 0.3) is 0 Å². The third kappa shape index (κ3) is 10.1. The van der Waals surface area contributed by atoms with E-state index < -0.39 is 30.0 Å². The Morgan fingerprint density at radius 3 is 2.11 bits per heavy atom. The second-order valence-corrected chi connectivity index (χ2v) is 12.8. The van der Waals surface area contributed by atoms with Crippen molar-refractivity contribution < 1.29 is 28.7 Å². The highest BCUT2D eigenvalue weighted by Gasteiger charge is 2.40. The molecular formula is C33H53N5O6. The molecule has 0 aliphatic carbocycles. The van der Waals surface area contributed by atoms with Gasteiger partial charge in [0.15, 0.2) is 5.78 Å². The molecule has 0 aromatic heterocycles. The van der Waals surface area contributed by atoms with Gasteiger partial charge in [0.05, 0.1) is 30.1 Å². The molecule has 11 heteroatoms. The van der Waals surface area contributed by atoms with Crippen LogP contribution in [0.5, 0.6) is 0 Å². The fourth-order valence-electron chi connectivity index (χ4n) is 6.18. The summed E-state index contributed by atoms with van der Waals surface area (Å²) in [6.07, 6.45) is 1.01. The fraction of sp³-hybridized carbons (Fsp3) is 0.667. The zero-order valence-corrected chi connectivity index (χ0v) is 27.7. The van der Waals surface area contributed by atoms with Gasteiger partial charge in [0.1, 0.15) is 6.04 Å². The van der Waals surface area contributed by atoms with Crippen molar-refractivity contribution in [2.24, 2.45) is 23.5 Å². The average molecular weight is 616 g/mol. The standard InChI is InChI=1S/C33H53N5O6/c1-20(2)28(36-33(43)29(21(3)4)37(6)7)26(39)16-17-27(40)38-18-12-15-25(38)30(44-8)22(5)32(42)35-24(31(34)41)19-23-13-10-9-11-14-23/h9-11,13-14,20-22,24-25,28-30H,12,15-19H2,1-8H3,(H2,34,41)(H,35,42)(H,36,43)/t22?,24?,25?,28-,29?,30?/m0/s1. The molecule has 0 radical (unpaired) electrons. The van der Waals surface area contributed by atoms with Crippen LogP contribution in [0.1, 0.15) is 65.9 Å². The number of likely N-dealkylation sites (tertiary alicyclic amines) is 1. The fourth-order valence-corrected chi connectivity index (χ4v) is 6.18. The minimum absolute atomic E-state index is 0.00640. The first-order chi connectivity index (χ1) is 20.7. The molecule has 1 aromatic rings. The third-order valence-corrected chi connectivity index (χ3v) is 8.47. The first-order valence-electron chi connectivity index (χ1n) is 15.6. The second-order valence-electron chi connectivity index (χ2n) is 12.8. The lowest BCUT2D eigenvalue weighted by Gasteiger charge is -2.34. The van der Waals surface area contributed by atoms with Gasteiger partial charge in [-0.05, 0) is 44.3 Å². The Kier molecular flexibility index (Phi) is 14.5. The Morgan fingerprint density at radius 1 is 0.955 bits per heavy atom. The van der Waals surface area contributed by atoms with Crippen LogP contribution in [0.2, 0.25) is 0 Å². The SMILES string of the molecule is COC(C(C)C(=O)NC(Cc1ccccc1)C(N)=O)C1CCCN1C(=O)CCC(=O)[C@@H](NC(=O)C(C(C)C)N(C)C)C(C)C. The predicted molar refractivity (Wildman–Crippen MR) is 169 cm³/mol. The number of rotatable bonds is 17. The topological polar surface area (TPSA) is 151 Å². The number of carbonyl (C=O) groups is 5. The number of carbonyl (C=O) groups excluding carboxylic acids is 5. The van der Waals surface area contributed by atoms with Crippen molar-refractivity contribution in [3.05, 3.63) is 35.9 Å². The van der Waals surface area contributed by atoms with E-state index in [1.165, 1.54) is 7.11 Å². The van der Waals surface area contributed by atoms with Crippen LogP contribution in [-0.4, -0.2) is 97.2 Å². The number of Topliss-reactive ketones (excluding diaryl/α,β-unsaturated/α-hetero) is 1. The van der Waals surface area contributed by atoms with Crippen molar-refractivity contribution in [1.29, 1.82) is 0 Å². The van der Waals surface area contributed by atoms with Gasteiger partial charge in [-0.2, -0.15) is 0 Å². The summed E-state index contributed by atoms with van der Waals surface area (Å²) < 4.78 is 5.77. The van der Waals surface area contributed by atoms with Gasteiger partial charge in [0, 0.05) is 32.9 Å². The molecule has 44 heavy (non-hydrogen) atoms. The van der Waals surface area contributed by atoms with Crippen LogP contribution in [0.15, 0.2) is 30.3 Å². The maximum atomic E-state index is 13.4. The van der Waals surface area contributed by atoms with Crippen molar-refractivity contribution in [2.45, 2.75) is 97.0 Å². The molecule has 2 rings (SSSR count). The maximum absolute atomic E-state index is 13.4. The molecule has 4 amide bonds. The summed E-state index contributed by atoms with van der Waals surface area (Å²) in [5, 5.41) is 5.69. The Hall–Kier alpha value is -3.31. The van der Waals surface area contributed by atoms with Crippen molar-refractivity contribution >= 4 is 29.4 Å². The number of ether oxygens (including phenoxy) is 1. The van der Waals surface area contributed by atoms with Gasteiger partial charge in [-0.15, -0.1) is 0 Å². The first-order valence-corrected chi connectivity index (χ1v) is 15.6. The number of methoxy groups -OCH3 is 1. The molecule has 11 nitrogen and oxygen atoms in total. The molecule has 1 aliphatic heterocycles. The maximum Gasteiger partial charge on any atom is 0.240 e. The molecule has 1 heterocycles. The number of nitrogens with two attached hydrogens (primary N) is 1. The zero-order chi connectivity index (χ0) is 33.1. The lowest BCUT2D eigenvalue weighted by Crippen LogP contribution is -2.54. The Bertz CT molecular complexity index is 1120. The minimum atomic E-state index is -0.889. The lowest BCUT2D eigenvalue weighted by molar-refractivity contribution is -0.141. The molecule has 6 atom stereocenters. The van der Waals surface area contributed by atoms with E-state index in [-0.39, 0.29) is 66.7 Å². The smallest absolute Gasteiger partial charge is 0.240 e. The van der Waals surface area contributed by atoms with E-state index >= 15 is 0 Å². The van der Waals surface area contributed by atoms with E-state index in [0.717, 1.165) is 12.0 Å². The molecule has 4 N–H and O–H groups in total. The van der Waals surface area contributed by atoms with Gasteiger partial charge in [-0.3, -0.25) is 28.9 Å². The molecule has 5 unspecified atom stereocenters. The highest BCUT2D eigenvalue weighted by Crippen LogP contribution is 2.27. The number of amides is 4. The van der Waals surface area contributed by atoms with E-state index in [9.17, 15) is 24.0 Å². The number of benzene rings is 1. The molecule has 1 fully saturated rings. The van der Waals surface area contributed by atoms with Gasteiger partial charge in [-0.25, -0.2) is 0 Å². The number of nitrogens with one attached hydrogen (secondary N) is 2. The largest absolute Gasteiger partial charge is 0.378 e. The van der Waals surface area contributed by atoms with Crippen LogP contribution < -0.4 is 16.4 Å². The van der Waals surface area contributed by atoms with Gasteiger partial charge in [0.2, 0.25) is 23.6 Å². The summed E-state index contributed by atoms with van der Waals surface area (Å²) in [4.78, 5) is 68.6. The molecule has 1 aromatic carbocycles. The number of ketones is 1. The van der Waals surface area contributed by atoms with Crippen LogP contribution in [0.3, 0.4) is 0 Å². The number of hydrogen-bond acceptors (Lipinski definition) is 7. The zero-order valence-electron chi connectivity index (χ0n) is 27.7. The Labute approximate surface area is 262 Å². The van der Waals surface area contributed by atoms with Crippen molar-refractivity contribution in [3.63, 3.8) is 0 Å². The van der Waals surface area contributed by atoms with E-state index in [0.29, 0.717) is 13.0 Å². The van der Waals surface area contributed by atoms with Crippen LogP contribution >= 0.6 is 0 Å². The number of nitrogens with zero attached hydrogens (tertiary/aromatic N) is 2. The molecule has 1 saturated heterocycles. The van der Waals surface area contributed by atoms with E-state index in [4.69, 9.17) is 10.5 Å². The highest BCUT2D eigenvalue weighted by molar-refractivity contribution is 5.93. The van der Waals surface area contributed by atoms with Gasteiger partial charge < -0.3 is 26.0 Å². The molecular weight excluding hydrogens is 562 g/mol. The Morgan fingerprint density at radius 2 is 1.59 bits per heavy atom. The van der Waals surface area contributed by atoms with Crippen molar-refractivity contribution in [3.8, 4) is 0 Å². The van der Waals surface area contributed by atoms with Crippen LogP contribution in [-0.2, 0) is 35.1 Å². The number of hydrogen-bond donors (Lipinski definition) is 3. The molecule has 246 valence electrons. The average Bonchev–Trinajstić information content (AvgIpc) is 3.44. The first kappa shape index (κ1) is 36.9. The summed E-state index contributed by atoms with van der Waals surface area (Å²) in [5.41, 5.74) is 6.47. The van der Waals surface area contributed by atoms with Crippen LogP contribution in [0, 0.1) is 17.8 Å². The van der Waals surface area contributed by atoms with Gasteiger partial charge in [-0.1, -0.05) is 65.0 Å². The summed E-state index contributed by atoms with van der Waals surface area (Å²) in [6, 6.07) is 6.96. The second kappa shape index (κ2) is 17.2. The predicted octanol–water partition coefficient (Wildman–Crippen LogP) is 1.92. The quantitative estimate of drug-likeness (QED) is 0.242. The van der Waals surface area contributed by atoms with E-state index in [2.05, 4.69) is 10.6 Å². The van der Waals surface area contributed by atoms with Gasteiger partial charge >= 0.3 is 0 Å².